The van der Waals surface area contributed by atoms with Crippen molar-refractivity contribution in [1.29, 1.82) is 0 Å². The summed E-state index contributed by atoms with van der Waals surface area (Å²) in [7, 11) is -3.17. The number of carbonyl (C=O) groups is 3. The van der Waals surface area contributed by atoms with Gasteiger partial charge in [-0.3, -0.25) is 9.36 Å². The van der Waals surface area contributed by atoms with Crippen molar-refractivity contribution in [2.75, 3.05) is 32.6 Å². The fourth-order valence-corrected chi connectivity index (χ4v) is 6.09. The van der Waals surface area contributed by atoms with Gasteiger partial charge < -0.3 is 23.8 Å². The average molecular weight is 562 g/mol. The van der Waals surface area contributed by atoms with Crippen molar-refractivity contribution in [1.82, 2.24) is 5.32 Å². The maximum absolute atomic E-state index is 13.2. The quantitative estimate of drug-likeness (QED) is 0.171. The summed E-state index contributed by atoms with van der Waals surface area (Å²) < 4.78 is 34.2. The topological polar surface area (TPSA) is 117 Å². The average Bonchev–Trinajstić information content (AvgIpc) is 2.89. The van der Waals surface area contributed by atoms with E-state index in [1.165, 1.54) is 6.92 Å². The Morgan fingerprint density at radius 3 is 1.74 bits per heavy atom. The van der Waals surface area contributed by atoms with Gasteiger partial charge in [0.25, 0.3) is 0 Å². The Balaban J connectivity index is 2.50. The van der Waals surface area contributed by atoms with Crippen molar-refractivity contribution < 1.29 is 37.5 Å². The highest BCUT2D eigenvalue weighted by Gasteiger charge is 2.50. The standard InChI is InChI=1S/C29H40NO8P/c1-6-35-27(32)29(30-22(5)31,28(33)36-7-2)21-24-16-11-13-19-26(24)25-18-12-10-15-23(25)17-14-20-39(34,37-8-3)38-9-4/h10-13,15-16,18-19H,6-9,14,17,20-21H2,1-5H3,(H,30,31). The Morgan fingerprint density at radius 2 is 1.26 bits per heavy atom. The van der Waals surface area contributed by atoms with Gasteiger partial charge in [0.15, 0.2) is 0 Å². The van der Waals surface area contributed by atoms with Gasteiger partial charge in [-0.15, -0.1) is 0 Å². The van der Waals surface area contributed by atoms with E-state index in [0.29, 0.717) is 31.6 Å². The van der Waals surface area contributed by atoms with Gasteiger partial charge in [0.05, 0.1) is 32.6 Å². The Labute approximate surface area is 231 Å². The molecule has 0 aliphatic rings. The summed E-state index contributed by atoms with van der Waals surface area (Å²) >= 11 is 0. The second kappa shape index (κ2) is 15.6. The fourth-order valence-electron chi connectivity index (χ4n) is 4.43. The molecule has 0 fully saturated rings. The number of hydrogen-bond acceptors (Lipinski definition) is 8. The summed E-state index contributed by atoms with van der Waals surface area (Å²) in [6.07, 6.45) is 1.28. The van der Waals surface area contributed by atoms with Crippen molar-refractivity contribution in [3.05, 3.63) is 59.7 Å². The predicted molar refractivity (Wildman–Crippen MR) is 149 cm³/mol. The number of amides is 1. The SMILES string of the molecule is CCOC(=O)C(Cc1ccccc1-c1ccccc1CCCP(=O)(OCC)OCC)(NC(C)=O)C(=O)OCC. The van der Waals surface area contributed by atoms with Gasteiger partial charge in [0.2, 0.25) is 11.4 Å². The third kappa shape index (κ3) is 8.75. The summed E-state index contributed by atoms with van der Waals surface area (Å²) in [4.78, 5) is 38.6. The lowest BCUT2D eigenvalue weighted by Gasteiger charge is -2.30. The van der Waals surface area contributed by atoms with Crippen LogP contribution in [0.1, 0.15) is 52.2 Å². The monoisotopic (exact) mass is 561 g/mol. The van der Waals surface area contributed by atoms with E-state index >= 15 is 0 Å². The van der Waals surface area contributed by atoms with Crippen LogP contribution in [0.3, 0.4) is 0 Å². The second-order valence-electron chi connectivity index (χ2n) is 8.79. The zero-order valence-electron chi connectivity index (χ0n) is 23.5. The first-order chi connectivity index (χ1) is 18.7. The van der Waals surface area contributed by atoms with E-state index in [1.54, 1.807) is 39.8 Å². The number of nitrogens with one attached hydrogen (secondary N) is 1. The fraction of sp³-hybridized carbons (Fsp3) is 0.483. The van der Waals surface area contributed by atoms with Gasteiger partial charge in [0, 0.05) is 13.3 Å². The Kier molecular flexibility index (Phi) is 12.8. The number of ether oxygens (including phenoxy) is 2. The minimum Gasteiger partial charge on any atom is -0.464 e. The van der Waals surface area contributed by atoms with E-state index in [2.05, 4.69) is 5.32 Å². The molecular formula is C29H40NO8P. The normalized spacial score (nSPS) is 11.6. The Morgan fingerprint density at radius 1 is 0.769 bits per heavy atom. The van der Waals surface area contributed by atoms with Crippen LogP contribution in [0.2, 0.25) is 0 Å². The van der Waals surface area contributed by atoms with Crippen LogP contribution in [0.5, 0.6) is 0 Å². The van der Waals surface area contributed by atoms with Crippen molar-refractivity contribution in [2.45, 2.75) is 59.4 Å². The molecule has 2 aromatic rings. The lowest BCUT2D eigenvalue weighted by atomic mass is 9.85. The van der Waals surface area contributed by atoms with Gasteiger partial charge >= 0.3 is 19.5 Å². The maximum atomic E-state index is 13.2. The van der Waals surface area contributed by atoms with E-state index in [9.17, 15) is 18.9 Å². The highest BCUT2D eigenvalue weighted by atomic mass is 31.2. The molecule has 0 saturated carbocycles. The molecule has 10 heteroatoms. The van der Waals surface area contributed by atoms with Crippen molar-refractivity contribution in [3.63, 3.8) is 0 Å². The number of carbonyl (C=O) groups excluding carboxylic acids is 3. The van der Waals surface area contributed by atoms with E-state index in [1.807, 2.05) is 36.4 Å². The maximum Gasteiger partial charge on any atom is 0.344 e. The molecule has 39 heavy (non-hydrogen) atoms. The minimum atomic E-state index is -3.17. The van der Waals surface area contributed by atoms with Crippen molar-refractivity contribution in [2.24, 2.45) is 0 Å². The van der Waals surface area contributed by atoms with Crippen LogP contribution < -0.4 is 5.32 Å². The number of rotatable bonds is 16. The van der Waals surface area contributed by atoms with E-state index in [-0.39, 0.29) is 25.8 Å². The molecule has 0 heterocycles. The van der Waals surface area contributed by atoms with Crippen LogP contribution in [0.4, 0.5) is 0 Å². The van der Waals surface area contributed by atoms with Crippen LogP contribution in [-0.4, -0.2) is 56.0 Å². The van der Waals surface area contributed by atoms with E-state index in [0.717, 1.165) is 16.7 Å². The van der Waals surface area contributed by atoms with Gasteiger partial charge in [0.1, 0.15) is 0 Å². The largest absolute Gasteiger partial charge is 0.464 e. The summed E-state index contributed by atoms with van der Waals surface area (Å²) in [5, 5.41) is 2.53. The molecule has 0 saturated heterocycles. The Bertz CT molecular complexity index is 1140. The molecule has 0 aliphatic heterocycles. The van der Waals surface area contributed by atoms with E-state index in [4.69, 9.17) is 18.5 Å². The highest BCUT2D eigenvalue weighted by Crippen LogP contribution is 2.48. The molecule has 2 rings (SSSR count). The molecule has 0 aliphatic carbocycles. The molecule has 0 aromatic heterocycles. The summed E-state index contributed by atoms with van der Waals surface area (Å²) in [5.41, 5.74) is 1.26. The molecule has 2 aromatic carbocycles. The number of aryl methyl sites for hydroxylation is 1. The third-order valence-electron chi connectivity index (χ3n) is 5.95. The summed E-state index contributed by atoms with van der Waals surface area (Å²) in [6.45, 7) is 8.71. The third-order valence-corrected chi connectivity index (χ3v) is 8.11. The number of hydrogen-bond donors (Lipinski definition) is 1. The number of esters is 2. The minimum absolute atomic E-state index is 0.0252. The Hall–Kier alpha value is -3.00. The first-order valence-corrected chi connectivity index (χ1v) is 15.1. The second-order valence-corrected chi connectivity index (χ2v) is 11.0. The molecule has 0 unspecified atom stereocenters. The van der Waals surface area contributed by atoms with Gasteiger partial charge in [-0.1, -0.05) is 48.5 Å². The first kappa shape index (κ1) is 32.2. The smallest absolute Gasteiger partial charge is 0.344 e. The molecule has 1 N–H and O–H groups in total. The summed E-state index contributed by atoms with van der Waals surface area (Å²) in [6, 6.07) is 15.1. The molecule has 0 atom stereocenters. The van der Waals surface area contributed by atoms with Gasteiger partial charge in [-0.25, -0.2) is 9.59 Å². The molecule has 0 bridgehead atoms. The zero-order valence-corrected chi connectivity index (χ0v) is 24.4. The molecule has 1 amide bonds. The van der Waals surface area contributed by atoms with Crippen LogP contribution in [-0.2, 0) is 50.3 Å². The van der Waals surface area contributed by atoms with Crippen molar-refractivity contribution in [3.8, 4) is 11.1 Å². The van der Waals surface area contributed by atoms with Crippen LogP contribution >= 0.6 is 7.60 Å². The van der Waals surface area contributed by atoms with Crippen LogP contribution in [0.15, 0.2) is 48.5 Å². The molecule has 214 valence electrons. The predicted octanol–water partition coefficient (Wildman–Crippen LogP) is 5.10. The first-order valence-electron chi connectivity index (χ1n) is 13.3. The summed E-state index contributed by atoms with van der Waals surface area (Å²) in [5.74, 6) is -2.34. The molecular weight excluding hydrogens is 521 g/mol. The number of benzene rings is 2. The van der Waals surface area contributed by atoms with Gasteiger partial charge in [-0.05, 0) is 62.8 Å². The lowest BCUT2D eigenvalue weighted by molar-refractivity contribution is -0.168. The van der Waals surface area contributed by atoms with Crippen LogP contribution in [0, 0.1) is 0 Å². The highest BCUT2D eigenvalue weighted by molar-refractivity contribution is 7.53. The van der Waals surface area contributed by atoms with Crippen molar-refractivity contribution >= 4 is 25.4 Å². The zero-order chi connectivity index (χ0) is 28.9. The van der Waals surface area contributed by atoms with Crippen LogP contribution in [0.25, 0.3) is 11.1 Å². The molecule has 9 nitrogen and oxygen atoms in total. The molecule has 0 spiro atoms. The molecule has 0 radical (unpaired) electrons. The van der Waals surface area contributed by atoms with E-state index < -0.39 is 31.0 Å². The van der Waals surface area contributed by atoms with Gasteiger partial charge in [-0.2, -0.15) is 0 Å². The lowest BCUT2D eigenvalue weighted by Crippen LogP contribution is -2.62.